The van der Waals surface area contributed by atoms with Crippen LogP contribution in [0, 0.1) is 12.3 Å². The molecule has 47 heavy (non-hydrogen) atoms. The van der Waals surface area contributed by atoms with Gasteiger partial charge >= 0.3 is 24.1 Å². The number of hydrogen-bond acceptors (Lipinski definition) is 9. The number of anilines is 1. The molecular formula is C31H27F3N4O6S3. The number of amides is 2. The molecule has 0 radical (unpaired) electrons. The molecule has 16 heteroatoms. The van der Waals surface area contributed by atoms with Crippen molar-refractivity contribution >= 4 is 62.4 Å². The number of amidine groups is 1. The second kappa shape index (κ2) is 14.4. The number of urea groups is 1. The number of esters is 2. The Kier molecular flexibility index (Phi) is 10.8. The van der Waals surface area contributed by atoms with Crippen LogP contribution in [-0.4, -0.2) is 50.7 Å². The Labute approximate surface area is 275 Å². The van der Waals surface area contributed by atoms with Gasteiger partial charge in [0.2, 0.25) is 9.84 Å². The highest BCUT2D eigenvalue weighted by atomic mass is 32.2. The van der Waals surface area contributed by atoms with Crippen molar-refractivity contribution in [3.05, 3.63) is 94.9 Å². The second-order valence-electron chi connectivity index (χ2n) is 9.96. The molecular weight excluding hydrogens is 678 g/mol. The van der Waals surface area contributed by atoms with Crippen molar-refractivity contribution in [2.24, 2.45) is 5.73 Å². The third kappa shape index (κ3) is 8.38. The van der Waals surface area contributed by atoms with Crippen LogP contribution in [0.25, 0.3) is 11.1 Å². The summed E-state index contributed by atoms with van der Waals surface area (Å²) in [5, 5.41) is 12.6. The van der Waals surface area contributed by atoms with E-state index in [-0.39, 0.29) is 27.7 Å². The van der Waals surface area contributed by atoms with Gasteiger partial charge in [-0.25, -0.2) is 22.8 Å². The number of carbonyl (C=O) groups excluding carboxylic acids is 3. The van der Waals surface area contributed by atoms with Crippen LogP contribution < -0.4 is 16.4 Å². The zero-order chi connectivity index (χ0) is 34.5. The van der Waals surface area contributed by atoms with E-state index < -0.39 is 40.0 Å². The van der Waals surface area contributed by atoms with Gasteiger partial charge in [-0.1, -0.05) is 54.6 Å². The SMILES string of the molecule is CSc1sc(C(=N)N)cc1S(=O)(=O)c1cccc(-c2c(C)cccc2NC(=O)NC(Cc2ccccc2)C(=O)OC(=O)C(F)(F)F)c1. The number of alkyl halides is 3. The Morgan fingerprint density at radius 3 is 2.34 bits per heavy atom. The highest BCUT2D eigenvalue weighted by Crippen LogP contribution is 2.39. The van der Waals surface area contributed by atoms with E-state index in [1.807, 2.05) is 0 Å². The topological polar surface area (TPSA) is 169 Å². The van der Waals surface area contributed by atoms with E-state index in [4.69, 9.17) is 11.1 Å². The number of sulfone groups is 1. The molecule has 4 aromatic rings. The normalized spacial score (nSPS) is 12.2. The van der Waals surface area contributed by atoms with Crippen LogP contribution in [0.2, 0.25) is 0 Å². The maximum absolute atomic E-state index is 13.7. The number of benzene rings is 3. The van der Waals surface area contributed by atoms with Gasteiger partial charge in [-0.15, -0.1) is 23.1 Å². The van der Waals surface area contributed by atoms with Crippen LogP contribution in [0.5, 0.6) is 0 Å². The highest BCUT2D eigenvalue weighted by molar-refractivity contribution is 8.01. The van der Waals surface area contributed by atoms with Crippen molar-refractivity contribution in [3.8, 4) is 11.1 Å². The monoisotopic (exact) mass is 704 g/mol. The van der Waals surface area contributed by atoms with Gasteiger partial charge in [0.15, 0.2) is 0 Å². The molecule has 1 atom stereocenters. The number of rotatable bonds is 10. The molecule has 0 spiro atoms. The molecule has 1 aromatic heterocycles. The molecule has 0 saturated carbocycles. The molecule has 1 heterocycles. The minimum absolute atomic E-state index is 0.000193. The number of halogens is 3. The summed E-state index contributed by atoms with van der Waals surface area (Å²) < 4.78 is 70.2. The molecule has 0 aliphatic heterocycles. The van der Waals surface area contributed by atoms with E-state index in [1.54, 1.807) is 61.7 Å². The molecule has 10 nitrogen and oxygen atoms in total. The van der Waals surface area contributed by atoms with E-state index in [0.29, 0.717) is 31.3 Å². The lowest BCUT2D eigenvalue weighted by molar-refractivity contribution is -0.202. The number of aryl methyl sites for hydroxylation is 1. The number of carbonyl (C=O) groups is 3. The molecule has 0 aliphatic carbocycles. The Balaban J connectivity index is 1.65. The molecule has 5 N–H and O–H groups in total. The lowest BCUT2D eigenvalue weighted by Crippen LogP contribution is -2.46. The summed E-state index contributed by atoms with van der Waals surface area (Å²) in [6.45, 7) is 1.72. The highest BCUT2D eigenvalue weighted by Gasteiger charge is 2.43. The van der Waals surface area contributed by atoms with Gasteiger partial charge < -0.3 is 21.1 Å². The van der Waals surface area contributed by atoms with Crippen LogP contribution in [0.3, 0.4) is 0 Å². The van der Waals surface area contributed by atoms with Crippen LogP contribution in [-0.2, 0) is 30.6 Å². The standard InChI is InChI=1S/C31H27F3N4O6S3/c1-17-8-6-13-21(37-30(41)38-22(14-18-9-4-3-5-10-18)27(39)44-29(40)31(32,33)34)25(17)19-11-7-12-20(15-19)47(42,43)24-16-23(26(35)36)46-28(24)45-2/h3-13,15-16,22H,14H2,1-2H3,(H3,35,36)(H2,37,38,41). The summed E-state index contributed by atoms with van der Waals surface area (Å²) in [5.41, 5.74) is 7.71. The summed E-state index contributed by atoms with van der Waals surface area (Å²) in [6, 6.07) is 17.6. The van der Waals surface area contributed by atoms with Gasteiger partial charge in [-0.3, -0.25) is 5.41 Å². The van der Waals surface area contributed by atoms with E-state index in [0.717, 1.165) is 11.3 Å². The first-order valence-electron chi connectivity index (χ1n) is 13.5. The first-order chi connectivity index (χ1) is 22.1. The average molecular weight is 705 g/mol. The van der Waals surface area contributed by atoms with E-state index in [9.17, 15) is 36.0 Å². The largest absolute Gasteiger partial charge is 0.491 e. The van der Waals surface area contributed by atoms with Crippen molar-refractivity contribution in [1.29, 1.82) is 5.41 Å². The minimum Gasteiger partial charge on any atom is -0.385 e. The lowest BCUT2D eigenvalue weighted by Gasteiger charge is -2.20. The van der Waals surface area contributed by atoms with E-state index in [1.165, 1.54) is 42.1 Å². The number of ether oxygens (including phenoxy) is 1. The van der Waals surface area contributed by atoms with Crippen molar-refractivity contribution in [2.75, 3.05) is 11.6 Å². The first-order valence-corrected chi connectivity index (χ1v) is 17.1. The number of thioether (sulfide) groups is 1. The van der Waals surface area contributed by atoms with Crippen LogP contribution in [0.1, 0.15) is 16.0 Å². The van der Waals surface area contributed by atoms with Gasteiger partial charge in [0.05, 0.1) is 24.6 Å². The molecule has 0 bridgehead atoms. The molecule has 4 rings (SSSR count). The van der Waals surface area contributed by atoms with Crippen LogP contribution in [0.15, 0.2) is 92.9 Å². The minimum atomic E-state index is -5.43. The van der Waals surface area contributed by atoms with Gasteiger partial charge in [0, 0.05) is 12.0 Å². The third-order valence-corrected chi connectivity index (χ3v) is 11.0. The fraction of sp³-hybridized carbons (Fsp3) is 0.161. The van der Waals surface area contributed by atoms with Crippen molar-refractivity contribution in [3.63, 3.8) is 0 Å². The number of nitrogens with two attached hydrogens (primary N) is 1. The van der Waals surface area contributed by atoms with E-state index >= 15 is 0 Å². The molecule has 2 amide bonds. The Hall–Kier alpha value is -4.67. The fourth-order valence-electron chi connectivity index (χ4n) is 4.50. The summed E-state index contributed by atoms with van der Waals surface area (Å²) in [5.74, 6) is -4.59. The first kappa shape index (κ1) is 35.2. The maximum atomic E-state index is 13.7. The van der Waals surface area contributed by atoms with Gasteiger partial charge in [0.1, 0.15) is 11.9 Å². The summed E-state index contributed by atoms with van der Waals surface area (Å²) in [4.78, 5) is 37.4. The van der Waals surface area contributed by atoms with Crippen molar-refractivity contribution < 1.29 is 40.7 Å². The van der Waals surface area contributed by atoms with Gasteiger partial charge in [-0.05, 0) is 54.1 Å². The molecule has 1 unspecified atom stereocenters. The van der Waals surface area contributed by atoms with Gasteiger partial charge in [0.25, 0.3) is 0 Å². The van der Waals surface area contributed by atoms with Crippen molar-refractivity contribution in [1.82, 2.24) is 5.32 Å². The van der Waals surface area contributed by atoms with Gasteiger partial charge in [-0.2, -0.15) is 13.2 Å². The Bertz CT molecular complexity index is 1950. The lowest BCUT2D eigenvalue weighted by atomic mass is 9.98. The maximum Gasteiger partial charge on any atom is 0.491 e. The summed E-state index contributed by atoms with van der Waals surface area (Å²) >= 11 is 2.29. The second-order valence-corrected chi connectivity index (χ2v) is 14.0. The quantitative estimate of drug-likeness (QED) is 0.0518. The van der Waals surface area contributed by atoms with Crippen LogP contribution >= 0.6 is 23.1 Å². The van der Waals surface area contributed by atoms with Crippen molar-refractivity contribution in [2.45, 2.75) is 39.6 Å². The molecule has 0 fully saturated rings. The smallest absolute Gasteiger partial charge is 0.385 e. The predicted molar refractivity (Wildman–Crippen MR) is 172 cm³/mol. The van der Waals surface area contributed by atoms with Crippen LogP contribution in [0.4, 0.5) is 23.7 Å². The number of hydrogen-bond donors (Lipinski definition) is 4. The predicted octanol–water partition coefficient (Wildman–Crippen LogP) is 5.93. The zero-order valence-electron chi connectivity index (χ0n) is 24.7. The number of nitrogen functional groups attached to an aromatic ring is 1. The molecule has 0 saturated heterocycles. The Morgan fingerprint density at radius 2 is 1.70 bits per heavy atom. The van der Waals surface area contributed by atoms with E-state index in [2.05, 4.69) is 15.4 Å². The molecule has 246 valence electrons. The zero-order valence-corrected chi connectivity index (χ0v) is 27.1. The Morgan fingerprint density at radius 1 is 1.02 bits per heavy atom. The summed E-state index contributed by atoms with van der Waals surface area (Å²) in [6.07, 6.45) is -4.01. The molecule has 0 aliphatic rings. The average Bonchev–Trinajstić information content (AvgIpc) is 3.47. The fourth-order valence-corrected chi connectivity index (χ4v) is 8.40. The third-order valence-electron chi connectivity index (χ3n) is 6.66. The molecule has 3 aromatic carbocycles. The number of nitrogens with one attached hydrogen (secondary N) is 3. The summed E-state index contributed by atoms with van der Waals surface area (Å²) in [7, 11) is -4.07. The number of thiophene rings is 1.